The number of likely N-dealkylation sites (N-methyl/N-ethyl adjacent to an activating group) is 1. The van der Waals surface area contributed by atoms with E-state index in [4.69, 9.17) is 4.74 Å². The summed E-state index contributed by atoms with van der Waals surface area (Å²) in [5, 5.41) is 12.7. The molecule has 4 aliphatic rings. The molecule has 0 radical (unpaired) electrons. The molecule has 3 heterocycles. The predicted octanol–water partition coefficient (Wildman–Crippen LogP) is 2.19. The van der Waals surface area contributed by atoms with E-state index in [2.05, 4.69) is 21.1 Å². The number of nitriles is 1. The number of fused-ring (bicyclic) bond motifs is 1. The van der Waals surface area contributed by atoms with E-state index in [1.165, 1.54) is 23.0 Å². The molecule has 12 nitrogen and oxygen atoms in total. The average molecular weight is 625 g/mol. The van der Waals surface area contributed by atoms with Crippen LogP contribution in [-0.2, 0) is 24.4 Å². The zero-order valence-electron chi connectivity index (χ0n) is 24.1. The van der Waals surface area contributed by atoms with Crippen LogP contribution in [0.5, 0.6) is 5.75 Å². The lowest BCUT2D eigenvalue weighted by atomic mass is 9.97. The zero-order chi connectivity index (χ0) is 31.2. The number of hydrogen-bond acceptors (Lipinski definition) is 8. The lowest BCUT2D eigenvalue weighted by Crippen LogP contribution is -2.57. The summed E-state index contributed by atoms with van der Waals surface area (Å²) in [6, 6.07) is 6.61. The molecule has 232 valence electrons. The van der Waals surface area contributed by atoms with Crippen LogP contribution in [0.2, 0.25) is 0 Å². The lowest BCUT2D eigenvalue weighted by molar-refractivity contribution is -0.147. The van der Waals surface area contributed by atoms with Gasteiger partial charge in [0, 0.05) is 19.7 Å². The van der Waals surface area contributed by atoms with E-state index in [1.807, 2.05) is 0 Å². The van der Waals surface area contributed by atoms with Crippen molar-refractivity contribution in [3.05, 3.63) is 48.4 Å². The van der Waals surface area contributed by atoms with Gasteiger partial charge in [-0.25, -0.2) is 17.8 Å². The van der Waals surface area contributed by atoms with Crippen molar-refractivity contribution in [2.24, 2.45) is 11.8 Å². The molecule has 3 amide bonds. The molecule has 44 heavy (non-hydrogen) atoms. The normalized spacial score (nSPS) is 24.1. The number of benzene rings is 1. The highest BCUT2D eigenvalue weighted by molar-refractivity contribution is 7.89. The molecule has 2 N–H and O–H groups in total. The van der Waals surface area contributed by atoms with Crippen LogP contribution in [0, 0.1) is 29.0 Å². The van der Waals surface area contributed by atoms with Gasteiger partial charge in [-0.2, -0.15) is 9.98 Å². The third-order valence-corrected chi connectivity index (χ3v) is 10.3. The van der Waals surface area contributed by atoms with Crippen molar-refractivity contribution in [3.8, 4) is 11.8 Å². The first-order valence-corrected chi connectivity index (χ1v) is 16.2. The quantitative estimate of drug-likeness (QED) is 0.407. The lowest BCUT2D eigenvalue weighted by Gasteiger charge is -2.35. The molecule has 3 fully saturated rings. The molecule has 4 unspecified atom stereocenters. The minimum absolute atomic E-state index is 0.0645. The molecule has 2 saturated carbocycles. The van der Waals surface area contributed by atoms with Gasteiger partial charge < -0.3 is 19.9 Å². The maximum absolute atomic E-state index is 14.2. The van der Waals surface area contributed by atoms with Crippen molar-refractivity contribution in [2.45, 2.75) is 73.6 Å². The number of nitrogens with zero attached hydrogens (tertiary/aromatic N) is 4. The molecule has 1 spiro atoms. The highest BCUT2D eigenvalue weighted by Gasteiger charge is 2.56. The Morgan fingerprint density at radius 3 is 2.55 bits per heavy atom. The first-order valence-electron chi connectivity index (χ1n) is 14.7. The molecular formula is C30H33FN6O6S. The highest BCUT2D eigenvalue weighted by Crippen LogP contribution is 2.41. The summed E-state index contributed by atoms with van der Waals surface area (Å²) in [6.45, 7) is -0.198. The van der Waals surface area contributed by atoms with Gasteiger partial charge in [0.1, 0.15) is 23.9 Å². The van der Waals surface area contributed by atoms with Crippen LogP contribution in [0.25, 0.3) is 0 Å². The molecule has 6 rings (SSSR count). The SMILES string of the molecule is CN(C(=O)C(CC1CC1)NS(=O)(=O)c1ccc(F)cc1)C(CC1CC1)C(=O)N1CC2(CC1C#N)Oc1cccnc1NC2=O. The van der Waals surface area contributed by atoms with Gasteiger partial charge in [-0.1, -0.05) is 25.7 Å². The van der Waals surface area contributed by atoms with E-state index in [1.54, 1.807) is 12.1 Å². The number of halogens is 1. The molecule has 0 bridgehead atoms. The number of nitrogens with one attached hydrogen (secondary N) is 2. The Balaban J connectivity index is 1.24. The van der Waals surface area contributed by atoms with E-state index < -0.39 is 57.3 Å². The molecule has 2 aromatic rings. The van der Waals surface area contributed by atoms with Crippen LogP contribution in [0.4, 0.5) is 10.2 Å². The van der Waals surface area contributed by atoms with Crippen molar-refractivity contribution in [1.82, 2.24) is 19.5 Å². The van der Waals surface area contributed by atoms with Gasteiger partial charge >= 0.3 is 0 Å². The second-order valence-corrected chi connectivity index (χ2v) is 13.9. The molecule has 1 saturated heterocycles. The van der Waals surface area contributed by atoms with Crippen LogP contribution < -0.4 is 14.8 Å². The fourth-order valence-electron chi connectivity index (χ4n) is 5.94. The molecule has 2 aliphatic heterocycles. The van der Waals surface area contributed by atoms with Crippen LogP contribution in [0.1, 0.15) is 44.9 Å². The maximum atomic E-state index is 14.2. The van der Waals surface area contributed by atoms with Crippen molar-refractivity contribution < 1.29 is 31.9 Å². The number of aromatic nitrogens is 1. The second kappa shape index (κ2) is 11.4. The van der Waals surface area contributed by atoms with Crippen molar-refractivity contribution in [3.63, 3.8) is 0 Å². The number of pyridine rings is 1. The summed E-state index contributed by atoms with van der Waals surface area (Å²) in [4.78, 5) is 47.9. The van der Waals surface area contributed by atoms with Gasteiger partial charge in [0.25, 0.3) is 5.91 Å². The number of amides is 3. The topological polar surface area (TPSA) is 162 Å². The van der Waals surface area contributed by atoms with Crippen molar-refractivity contribution in [2.75, 3.05) is 18.9 Å². The van der Waals surface area contributed by atoms with Crippen LogP contribution in [0.3, 0.4) is 0 Å². The average Bonchev–Trinajstić information content (AvgIpc) is 3.94. The Morgan fingerprint density at radius 2 is 1.89 bits per heavy atom. The van der Waals surface area contributed by atoms with Crippen molar-refractivity contribution in [1.29, 1.82) is 5.26 Å². The fourth-order valence-corrected chi connectivity index (χ4v) is 7.14. The summed E-state index contributed by atoms with van der Waals surface area (Å²) in [6.07, 6.45) is 5.52. The van der Waals surface area contributed by atoms with E-state index in [0.717, 1.165) is 49.9 Å². The summed E-state index contributed by atoms with van der Waals surface area (Å²) < 4.78 is 48.4. The van der Waals surface area contributed by atoms with Crippen molar-refractivity contribution >= 4 is 33.6 Å². The van der Waals surface area contributed by atoms with Gasteiger partial charge in [-0.3, -0.25) is 14.4 Å². The molecule has 1 aromatic carbocycles. The molecular weight excluding hydrogens is 591 g/mol. The summed E-state index contributed by atoms with van der Waals surface area (Å²) in [5.41, 5.74) is -1.50. The Hall–Kier alpha value is -4.09. The van der Waals surface area contributed by atoms with E-state index in [-0.39, 0.29) is 41.9 Å². The second-order valence-electron chi connectivity index (χ2n) is 12.2. The maximum Gasteiger partial charge on any atom is 0.271 e. The number of carbonyl (C=O) groups is 3. The van der Waals surface area contributed by atoms with Crippen LogP contribution in [-0.4, -0.2) is 78.2 Å². The zero-order valence-corrected chi connectivity index (χ0v) is 24.9. The predicted molar refractivity (Wildman–Crippen MR) is 154 cm³/mol. The number of likely N-dealkylation sites (tertiary alicyclic amines) is 1. The third kappa shape index (κ3) is 5.98. The first kappa shape index (κ1) is 30.0. The smallest absolute Gasteiger partial charge is 0.271 e. The van der Waals surface area contributed by atoms with Gasteiger partial charge in [0.2, 0.25) is 27.4 Å². The molecule has 1 aromatic heterocycles. The van der Waals surface area contributed by atoms with Crippen LogP contribution >= 0.6 is 0 Å². The van der Waals surface area contributed by atoms with E-state index in [0.29, 0.717) is 12.2 Å². The standard InChI is InChI=1S/C30H33FN6O6S/c1-36(27(38)23(13-18-4-5-18)35-44(41,42)22-10-8-20(31)9-11-22)24(14-19-6-7-19)28(39)37-17-30(15-21(37)16-32)29(40)34-26-25(43-30)3-2-12-33-26/h2-3,8-12,18-19,21,23-24,35H,4-7,13-15,17H2,1H3,(H,33,34,40). The van der Waals surface area contributed by atoms with E-state index in [9.17, 15) is 32.5 Å². The fraction of sp³-hybridized carbons (Fsp3) is 0.500. The summed E-state index contributed by atoms with van der Waals surface area (Å²) in [7, 11) is -2.71. The molecule has 4 atom stereocenters. The van der Waals surface area contributed by atoms with Gasteiger partial charge in [0.15, 0.2) is 11.6 Å². The third-order valence-electron chi connectivity index (χ3n) is 8.82. The Labute approximate surface area is 254 Å². The number of ether oxygens (including phenoxy) is 1. The Kier molecular flexibility index (Phi) is 7.79. The molecule has 2 aliphatic carbocycles. The number of sulfonamides is 1. The van der Waals surface area contributed by atoms with Gasteiger partial charge in [-0.15, -0.1) is 0 Å². The molecule has 14 heteroatoms. The Morgan fingerprint density at radius 1 is 1.20 bits per heavy atom. The minimum atomic E-state index is -4.18. The summed E-state index contributed by atoms with van der Waals surface area (Å²) in [5.74, 6) is -1.24. The van der Waals surface area contributed by atoms with Gasteiger partial charge in [0.05, 0.1) is 17.5 Å². The highest BCUT2D eigenvalue weighted by atomic mass is 32.2. The van der Waals surface area contributed by atoms with Crippen LogP contribution in [0.15, 0.2) is 47.5 Å². The largest absolute Gasteiger partial charge is 0.472 e. The number of anilines is 1. The van der Waals surface area contributed by atoms with E-state index >= 15 is 0 Å². The number of rotatable bonds is 10. The number of carbonyl (C=O) groups excluding carboxylic acids is 3. The number of hydrogen-bond donors (Lipinski definition) is 2. The Bertz CT molecular complexity index is 1620. The summed E-state index contributed by atoms with van der Waals surface area (Å²) >= 11 is 0. The monoisotopic (exact) mass is 624 g/mol. The minimum Gasteiger partial charge on any atom is -0.472 e. The van der Waals surface area contributed by atoms with Gasteiger partial charge in [-0.05, 0) is 61.1 Å². The first-order chi connectivity index (χ1) is 21.0.